The molecule has 4 aromatic rings. The highest BCUT2D eigenvalue weighted by Gasteiger charge is 2.38. The van der Waals surface area contributed by atoms with Gasteiger partial charge in [-0.15, -0.1) is 0 Å². The number of rotatable bonds is 9. The SMILES string of the molecule is [B]C1([B])c2cn(C)nc2-c2ccc(F)cc2[C@@H](C)Oc2cc(cnc2NCOP(OCC)OCC)-c2c1c(Cl)nn2C([B])([B])C. The van der Waals surface area contributed by atoms with Gasteiger partial charge in [0.15, 0.2) is 16.7 Å². The van der Waals surface area contributed by atoms with E-state index in [-0.39, 0.29) is 23.2 Å². The first-order valence-corrected chi connectivity index (χ1v) is 15.6. The molecule has 1 atom stereocenters. The molecule has 0 unspecified atom stereocenters. The number of hydrogen-bond donors (Lipinski definition) is 1. The van der Waals surface area contributed by atoms with Gasteiger partial charge in [0.1, 0.15) is 18.7 Å². The maximum atomic E-state index is 14.7. The Balaban J connectivity index is 1.74. The van der Waals surface area contributed by atoms with Gasteiger partial charge in [0, 0.05) is 41.7 Å². The summed E-state index contributed by atoms with van der Waals surface area (Å²) in [6, 6.07) is 6.01. The van der Waals surface area contributed by atoms with Crippen LogP contribution in [0.1, 0.15) is 50.5 Å². The monoisotopic (exact) mass is 642 g/mol. The minimum atomic E-state index is -1.78. The fraction of sp³-hybridized carbons (Fsp3) is 0.393. The van der Waals surface area contributed by atoms with Gasteiger partial charge < -0.3 is 19.1 Å². The van der Waals surface area contributed by atoms with Gasteiger partial charge in [0.2, 0.25) is 0 Å². The Hall–Kier alpha value is -2.82. The molecule has 2 bridgehead atoms. The molecule has 0 aliphatic carbocycles. The van der Waals surface area contributed by atoms with Crippen molar-refractivity contribution < 1.29 is 22.7 Å². The van der Waals surface area contributed by atoms with E-state index in [1.165, 1.54) is 16.8 Å². The Morgan fingerprint density at radius 3 is 2.53 bits per heavy atom. The summed E-state index contributed by atoms with van der Waals surface area (Å²) in [4.78, 5) is 4.62. The van der Waals surface area contributed by atoms with Crippen LogP contribution in [0.25, 0.3) is 22.5 Å². The summed E-state index contributed by atoms with van der Waals surface area (Å²) in [6.45, 7) is 7.85. The van der Waals surface area contributed by atoms with Gasteiger partial charge in [-0.25, -0.2) is 9.37 Å². The van der Waals surface area contributed by atoms with Crippen molar-refractivity contribution in [1.29, 1.82) is 0 Å². The predicted molar refractivity (Wildman–Crippen MR) is 175 cm³/mol. The largest absolute Gasteiger partial charge is 0.482 e. The first-order valence-electron chi connectivity index (χ1n) is 14.1. The Kier molecular flexibility index (Phi) is 9.78. The summed E-state index contributed by atoms with van der Waals surface area (Å²) in [5, 5.41) is 8.88. The summed E-state index contributed by atoms with van der Waals surface area (Å²) in [6.07, 6.45) is 2.52. The molecule has 17 heteroatoms. The van der Waals surface area contributed by atoms with Crippen molar-refractivity contribution in [2.45, 2.75) is 44.4 Å². The number of nitrogens with zero attached hydrogens (tertiary/aromatic N) is 5. The molecule has 0 spiro atoms. The lowest BCUT2D eigenvalue weighted by molar-refractivity contribution is 0.177. The molecule has 1 aliphatic heterocycles. The molecule has 0 saturated heterocycles. The van der Waals surface area contributed by atoms with Gasteiger partial charge in [0.25, 0.3) is 0 Å². The van der Waals surface area contributed by atoms with Crippen LogP contribution in [0, 0.1) is 5.82 Å². The van der Waals surface area contributed by atoms with Crippen molar-refractivity contribution in [2.24, 2.45) is 7.05 Å². The summed E-state index contributed by atoms with van der Waals surface area (Å²) < 4.78 is 40.9. The first kappa shape index (κ1) is 33.5. The average molecular weight is 642 g/mol. The molecule has 0 amide bonds. The number of aryl methyl sites for hydroxylation is 1. The van der Waals surface area contributed by atoms with Crippen molar-refractivity contribution in [3.05, 3.63) is 64.3 Å². The topological polar surface area (TPSA) is 97.5 Å². The fourth-order valence-corrected chi connectivity index (χ4v) is 6.25. The number of benzene rings is 1. The molecule has 5 rings (SSSR count). The van der Waals surface area contributed by atoms with Crippen molar-refractivity contribution in [3.63, 3.8) is 0 Å². The average Bonchev–Trinajstić information content (AvgIpc) is 3.54. The number of fused-ring (bicyclic) bond motifs is 7. The molecule has 226 valence electrons. The lowest BCUT2D eigenvalue weighted by Crippen LogP contribution is -2.34. The quantitative estimate of drug-likeness (QED) is 0.158. The van der Waals surface area contributed by atoms with Crippen LogP contribution in [0.4, 0.5) is 10.2 Å². The molecule has 3 aromatic heterocycles. The highest BCUT2D eigenvalue weighted by atomic mass is 35.5. The number of halogens is 2. The molecule has 4 heterocycles. The molecule has 0 fully saturated rings. The second-order valence-electron chi connectivity index (χ2n) is 10.7. The zero-order chi connectivity index (χ0) is 32.7. The van der Waals surface area contributed by atoms with Gasteiger partial charge >= 0.3 is 8.60 Å². The van der Waals surface area contributed by atoms with Gasteiger partial charge in [-0.2, -0.15) is 10.2 Å². The summed E-state index contributed by atoms with van der Waals surface area (Å²) in [5.41, 5.74) is 2.82. The van der Waals surface area contributed by atoms with Crippen LogP contribution in [-0.2, 0) is 31.2 Å². The zero-order valence-corrected chi connectivity index (χ0v) is 27.2. The lowest BCUT2D eigenvalue weighted by Gasteiger charge is -2.31. The smallest absolute Gasteiger partial charge is 0.334 e. The summed E-state index contributed by atoms with van der Waals surface area (Å²) in [5.74, 6) is 0.134. The maximum absolute atomic E-state index is 14.7. The zero-order valence-electron chi connectivity index (χ0n) is 25.5. The first-order chi connectivity index (χ1) is 21.3. The third kappa shape index (κ3) is 6.69. The van der Waals surface area contributed by atoms with Crippen LogP contribution in [0.5, 0.6) is 5.75 Å². The summed E-state index contributed by atoms with van der Waals surface area (Å²) >= 11 is 6.77. The molecule has 45 heavy (non-hydrogen) atoms. The minimum absolute atomic E-state index is 0.0152. The van der Waals surface area contributed by atoms with Crippen molar-refractivity contribution in [3.8, 4) is 28.3 Å². The Bertz CT molecular complexity index is 1700. The van der Waals surface area contributed by atoms with Crippen LogP contribution in [0.2, 0.25) is 5.15 Å². The van der Waals surface area contributed by atoms with E-state index in [4.69, 9.17) is 61.3 Å². The number of pyridine rings is 1. The van der Waals surface area contributed by atoms with E-state index in [1.807, 2.05) is 13.8 Å². The van der Waals surface area contributed by atoms with Gasteiger partial charge in [-0.05, 0) is 61.2 Å². The molecule has 10 nitrogen and oxygen atoms in total. The molecular weight excluding hydrogens is 613 g/mol. The second-order valence-corrected chi connectivity index (χ2v) is 12.2. The highest BCUT2D eigenvalue weighted by Crippen LogP contribution is 2.46. The fourth-order valence-electron chi connectivity index (χ4n) is 5.11. The van der Waals surface area contributed by atoms with Crippen LogP contribution in [0.3, 0.4) is 0 Å². The van der Waals surface area contributed by atoms with Crippen molar-refractivity contribution >= 4 is 57.4 Å². The molecule has 1 aliphatic rings. The van der Waals surface area contributed by atoms with E-state index >= 15 is 0 Å². The van der Waals surface area contributed by atoms with Crippen LogP contribution < -0.4 is 10.1 Å². The van der Waals surface area contributed by atoms with E-state index in [1.54, 1.807) is 50.1 Å². The van der Waals surface area contributed by atoms with Crippen molar-refractivity contribution in [2.75, 3.05) is 25.3 Å². The van der Waals surface area contributed by atoms with Crippen LogP contribution >= 0.6 is 20.2 Å². The number of nitrogens with one attached hydrogen (secondary N) is 1. The van der Waals surface area contributed by atoms with E-state index in [0.29, 0.717) is 52.7 Å². The Morgan fingerprint density at radius 1 is 1.16 bits per heavy atom. The molecule has 1 aromatic carbocycles. The third-order valence-electron chi connectivity index (χ3n) is 7.00. The van der Waals surface area contributed by atoms with E-state index in [9.17, 15) is 4.39 Å². The standard InChI is InChI=1S/C28H29B4ClFN6O4P/c1-6-41-45(42-7-2)43-14-36-26-21-10-16(12-35-26)24-22(25(33)38-40(24)27(4,29)30)28(31,32)20-13-39(5)37-23(20)18-9-8-17(34)11-19(18)15(3)44-21/h8-13,15H,6-7,14H2,1-5H3,(H,35,36)/t15-/m1/s1. The van der Waals surface area contributed by atoms with E-state index < -0.39 is 31.1 Å². The minimum Gasteiger partial charge on any atom is -0.482 e. The number of anilines is 1. The van der Waals surface area contributed by atoms with Gasteiger partial charge in [-0.3, -0.25) is 13.9 Å². The molecular formula is C28H29B4ClFN6O4P. The maximum Gasteiger partial charge on any atom is 0.334 e. The normalized spacial score (nSPS) is 15.8. The van der Waals surface area contributed by atoms with E-state index in [0.717, 1.165) is 0 Å². The predicted octanol–water partition coefficient (Wildman–Crippen LogP) is 4.78. The van der Waals surface area contributed by atoms with Crippen LogP contribution in [-0.4, -0.2) is 75.9 Å². The van der Waals surface area contributed by atoms with Gasteiger partial charge in [-0.1, -0.05) is 18.5 Å². The number of ether oxygens (including phenoxy) is 1. The number of hydrogen-bond acceptors (Lipinski definition) is 8. The highest BCUT2D eigenvalue weighted by molar-refractivity contribution is 7.41. The Labute approximate surface area is 273 Å². The second kappa shape index (κ2) is 13.1. The Morgan fingerprint density at radius 2 is 1.87 bits per heavy atom. The van der Waals surface area contributed by atoms with Gasteiger partial charge in [0.05, 0.1) is 56.0 Å². The molecule has 8 radical (unpaired) electrons. The number of aromatic nitrogens is 5. The molecule has 1 N–H and O–H groups in total. The molecule has 0 saturated carbocycles. The van der Waals surface area contributed by atoms with E-state index in [2.05, 4.69) is 20.5 Å². The summed E-state index contributed by atoms with van der Waals surface area (Å²) in [7, 11) is 26.8. The van der Waals surface area contributed by atoms with Crippen molar-refractivity contribution in [1.82, 2.24) is 24.5 Å². The third-order valence-corrected chi connectivity index (χ3v) is 8.54. The van der Waals surface area contributed by atoms with Crippen LogP contribution in [0.15, 0.2) is 36.7 Å². The lowest BCUT2D eigenvalue weighted by atomic mass is 9.47.